The molecule has 3 rings (SSSR count). The third kappa shape index (κ3) is 5.29. The minimum Gasteiger partial charge on any atom is -0.481 e. The predicted molar refractivity (Wildman–Crippen MR) is 114 cm³/mol. The van der Waals surface area contributed by atoms with E-state index in [2.05, 4.69) is 5.32 Å². The van der Waals surface area contributed by atoms with E-state index in [0.29, 0.717) is 11.4 Å². The van der Waals surface area contributed by atoms with Gasteiger partial charge in [-0.05, 0) is 56.2 Å². The molecule has 0 aromatic heterocycles. The fraction of sp³-hybridized carbons (Fsp3) is 0.409. The quantitative estimate of drug-likeness (QED) is 0.746. The smallest absolute Gasteiger partial charge is 0.264 e. The zero-order valence-electron chi connectivity index (χ0n) is 16.9. The lowest BCUT2D eigenvalue weighted by Gasteiger charge is -2.24. The van der Waals surface area contributed by atoms with Crippen LogP contribution >= 0.6 is 0 Å². The van der Waals surface area contributed by atoms with Crippen LogP contribution in [0.15, 0.2) is 59.5 Å². The van der Waals surface area contributed by atoms with Gasteiger partial charge in [-0.2, -0.15) is 0 Å². The number of nitrogens with one attached hydrogen (secondary N) is 1. The van der Waals surface area contributed by atoms with Crippen molar-refractivity contribution in [2.45, 2.75) is 56.1 Å². The summed E-state index contributed by atoms with van der Waals surface area (Å²) in [7, 11) is -2.15. The molecule has 0 unspecified atom stereocenters. The van der Waals surface area contributed by atoms with E-state index in [-0.39, 0.29) is 16.8 Å². The van der Waals surface area contributed by atoms with E-state index in [1.165, 1.54) is 29.9 Å². The SMILES string of the molecule is C[C@H](Oc1ccc(S(=O)(=O)N(C)c2ccccc2)cc1)C(=O)NC1CCCCC1. The third-order valence-electron chi connectivity index (χ3n) is 5.24. The number of benzene rings is 2. The van der Waals surface area contributed by atoms with Crippen LogP contribution in [0.3, 0.4) is 0 Å². The maximum atomic E-state index is 12.8. The van der Waals surface area contributed by atoms with Crippen LogP contribution in [0.25, 0.3) is 0 Å². The van der Waals surface area contributed by atoms with Crippen molar-refractivity contribution in [3.63, 3.8) is 0 Å². The van der Waals surface area contributed by atoms with Crippen LogP contribution in [0.4, 0.5) is 5.69 Å². The molecule has 0 bridgehead atoms. The molecule has 1 fully saturated rings. The molecule has 29 heavy (non-hydrogen) atoms. The number of carbonyl (C=O) groups is 1. The number of hydrogen-bond acceptors (Lipinski definition) is 4. The van der Waals surface area contributed by atoms with Crippen molar-refractivity contribution in [1.29, 1.82) is 0 Å². The predicted octanol–water partition coefficient (Wildman–Crippen LogP) is 3.73. The second-order valence-corrected chi connectivity index (χ2v) is 9.35. The van der Waals surface area contributed by atoms with E-state index < -0.39 is 16.1 Å². The number of ether oxygens (including phenoxy) is 1. The van der Waals surface area contributed by atoms with Crippen LogP contribution in [0.5, 0.6) is 5.75 Å². The van der Waals surface area contributed by atoms with E-state index in [4.69, 9.17) is 4.74 Å². The van der Waals surface area contributed by atoms with E-state index in [0.717, 1.165) is 25.7 Å². The molecule has 2 aromatic carbocycles. The summed E-state index contributed by atoms with van der Waals surface area (Å²) in [5.41, 5.74) is 0.584. The minimum absolute atomic E-state index is 0.141. The number of amides is 1. The van der Waals surface area contributed by atoms with Crippen molar-refractivity contribution >= 4 is 21.6 Å². The Kier molecular flexibility index (Phi) is 6.79. The Hall–Kier alpha value is -2.54. The molecule has 0 spiro atoms. The summed E-state index contributed by atoms with van der Waals surface area (Å²) in [5.74, 6) is 0.315. The normalized spacial score (nSPS) is 16.1. The Morgan fingerprint density at radius 1 is 1.03 bits per heavy atom. The van der Waals surface area contributed by atoms with Crippen molar-refractivity contribution in [1.82, 2.24) is 5.32 Å². The Morgan fingerprint density at radius 2 is 1.66 bits per heavy atom. The van der Waals surface area contributed by atoms with E-state index >= 15 is 0 Å². The molecule has 1 saturated carbocycles. The molecule has 1 amide bonds. The van der Waals surface area contributed by atoms with Crippen molar-refractivity contribution in [3.8, 4) is 5.75 Å². The van der Waals surface area contributed by atoms with Gasteiger partial charge in [-0.1, -0.05) is 37.5 Å². The summed E-state index contributed by atoms with van der Waals surface area (Å²) in [4.78, 5) is 12.5. The highest BCUT2D eigenvalue weighted by Crippen LogP contribution is 2.24. The molecule has 0 aliphatic heterocycles. The first-order valence-corrected chi connectivity index (χ1v) is 11.4. The van der Waals surface area contributed by atoms with Gasteiger partial charge in [0.1, 0.15) is 5.75 Å². The lowest BCUT2D eigenvalue weighted by Crippen LogP contribution is -2.43. The largest absolute Gasteiger partial charge is 0.481 e. The average molecular weight is 417 g/mol. The standard InChI is InChI=1S/C22H28N2O4S/c1-17(22(25)23-18-9-5-3-6-10-18)28-20-13-15-21(16-14-20)29(26,27)24(2)19-11-7-4-8-12-19/h4,7-8,11-18H,3,5-6,9-10H2,1-2H3,(H,23,25)/t17-/m0/s1. The first kappa shape index (κ1) is 21.2. The molecular weight excluding hydrogens is 388 g/mol. The molecule has 0 heterocycles. The number of nitrogens with zero attached hydrogens (tertiary/aromatic N) is 1. The number of para-hydroxylation sites is 1. The highest BCUT2D eigenvalue weighted by molar-refractivity contribution is 7.92. The van der Waals surface area contributed by atoms with E-state index in [1.54, 1.807) is 43.3 Å². The first-order valence-electron chi connectivity index (χ1n) is 9.99. The maximum Gasteiger partial charge on any atom is 0.264 e. The molecule has 2 aromatic rings. The topological polar surface area (TPSA) is 75.7 Å². The van der Waals surface area contributed by atoms with Gasteiger partial charge in [0.25, 0.3) is 15.9 Å². The Bertz CT molecular complexity index is 908. The minimum atomic E-state index is -3.67. The summed E-state index contributed by atoms with van der Waals surface area (Å²) in [5, 5.41) is 3.04. The van der Waals surface area contributed by atoms with E-state index in [9.17, 15) is 13.2 Å². The molecule has 156 valence electrons. The average Bonchev–Trinajstić information content (AvgIpc) is 2.75. The molecular formula is C22H28N2O4S. The zero-order chi connectivity index (χ0) is 20.9. The van der Waals surface area contributed by atoms with Gasteiger partial charge < -0.3 is 10.1 Å². The third-order valence-corrected chi connectivity index (χ3v) is 7.04. The Balaban J connectivity index is 1.62. The summed E-state index contributed by atoms with van der Waals surface area (Å²) in [6.07, 6.45) is 4.90. The lowest BCUT2D eigenvalue weighted by atomic mass is 9.95. The Morgan fingerprint density at radius 3 is 2.28 bits per heavy atom. The van der Waals surface area contributed by atoms with Crippen molar-refractivity contribution < 1.29 is 17.9 Å². The fourth-order valence-electron chi connectivity index (χ4n) is 3.45. The van der Waals surface area contributed by atoms with E-state index in [1.807, 2.05) is 6.07 Å². The molecule has 1 atom stereocenters. The van der Waals surface area contributed by atoms with Gasteiger partial charge in [0.2, 0.25) is 0 Å². The molecule has 7 heteroatoms. The molecule has 1 N–H and O–H groups in total. The number of hydrogen-bond donors (Lipinski definition) is 1. The second kappa shape index (κ2) is 9.31. The number of sulfonamides is 1. The van der Waals surface area contributed by atoms with Gasteiger partial charge in [-0.3, -0.25) is 9.10 Å². The molecule has 0 radical (unpaired) electrons. The second-order valence-electron chi connectivity index (χ2n) is 7.38. The molecule has 1 aliphatic carbocycles. The van der Waals surface area contributed by atoms with Gasteiger partial charge in [0.05, 0.1) is 10.6 Å². The lowest BCUT2D eigenvalue weighted by molar-refractivity contribution is -0.128. The van der Waals surface area contributed by atoms with Crippen LogP contribution in [0.2, 0.25) is 0 Å². The van der Waals surface area contributed by atoms with Crippen LogP contribution in [0, 0.1) is 0 Å². The van der Waals surface area contributed by atoms with Gasteiger partial charge in [-0.25, -0.2) is 8.42 Å². The van der Waals surface area contributed by atoms with Crippen LogP contribution in [0.1, 0.15) is 39.0 Å². The van der Waals surface area contributed by atoms with Crippen LogP contribution < -0.4 is 14.4 Å². The van der Waals surface area contributed by atoms with Crippen molar-refractivity contribution in [3.05, 3.63) is 54.6 Å². The van der Waals surface area contributed by atoms with Gasteiger partial charge in [0, 0.05) is 13.1 Å². The zero-order valence-corrected chi connectivity index (χ0v) is 17.7. The van der Waals surface area contributed by atoms with Crippen LogP contribution in [-0.4, -0.2) is 33.5 Å². The van der Waals surface area contributed by atoms with Gasteiger partial charge in [0.15, 0.2) is 6.10 Å². The summed E-state index contributed by atoms with van der Waals surface area (Å²) >= 11 is 0. The molecule has 0 saturated heterocycles. The molecule has 1 aliphatic rings. The first-order chi connectivity index (χ1) is 13.9. The summed E-state index contributed by atoms with van der Waals surface area (Å²) < 4.78 is 32.6. The van der Waals surface area contributed by atoms with Gasteiger partial charge >= 0.3 is 0 Å². The Labute approximate surface area is 172 Å². The number of carbonyl (C=O) groups excluding carboxylic acids is 1. The van der Waals surface area contributed by atoms with Gasteiger partial charge in [-0.15, -0.1) is 0 Å². The number of anilines is 1. The highest BCUT2D eigenvalue weighted by atomic mass is 32.2. The van der Waals surface area contributed by atoms with Crippen LogP contribution in [-0.2, 0) is 14.8 Å². The highest BCUT2D eigenvalue weighted by Gasteiger charge is 2.23. The number of rotatable bonds is 7. The fourth-order valence-corrected chi connectivity index (χ4v) is 4.64. The molecule has 6 nitrogen and oxygen atoms in total. The summed E-state index contributed by atoms with van der Waals surface area (Å²) in [6, 6.07) is 15.3. The monoisotopic (exact) mass is 416 g/mol. The summed E-state index contributed by atoms with van der Waals surface area (Å²) in [6.45, 7) is 1.70. The van der Waals surface area contributed by atoms with Crippen molar-refractivity contribution in [2.24, 2.45) is 0 Å². The maximum absolute atomic E-state index is 12.8. The van der Waals surface area contributed by atoms with Crippen molar-refractivity contribution in [2.75, 3.05) is 11.4 Å².